The van der Waals surface area contributed by atoms with E-state index in [2.05, 4.69) is 50.6 Å². The highest BCUT2D eigenvalue weighted by atomic mass is 16.5. The van der Waals surface area contributed by atoms with Gasteiger partial charge in [0.05, 0.1) is 18.2 Å². The van der Waals surface area contributed by atoms with Crippen LogP contribution in [0.5, 0.6) is 0 Å². The largest absolute Gasteiger partial charge is 0.372 e. The second-order valence-electron chi connectivity index (χ2n) is 7.52. The van der Waals surface area contributed by atoms with Crippen LogP contribution in [-0.2, 0) is 4.74 Å². The number of pyridine rings is 1. The first-order chi connectivity index (χ1) is 11.0. The molecule has 3 atom stereocenters. The van der Waals surface area contributed by atoms with Crippen LogP contribution in [0, 0.1) is 11.8 Å². The highest BCUT2D eigenvalue weighted by Crippen LogP contribution is 2.18. The highest BCUT2D eigenvalue weighted by Gasteiger charge is 2.26. The summed E-state index contributed by atoms with van der Waals surface area (Å²) < 4.78 is 5.90. The second kappa shape index (κ2) is 8.47. The van der Waals surface area contributed by atoms with Crippen molar-refractivity contribution in [3.05, 3.63) is 30.1 Å². The molecule has 0 spiro atoms. The lowest BCUT2D eigenvalue weighted by Crippen LogP contribution is -3.13. The second-order valence-corrected chi connectivity index (χ2v) is 7.52. The molecule has 23 heavy (non-hydrogen) atoms. The molecule has 1 N–H and O–H groups in total. The standard InChI is InChI=1S/C20H30N2O/c1-17(23-20(2,3)4)10-5-7-14-22-15-8-6-12-19(22)18-11-9-13-21-16-18/h9,11,13,16-17,19H,6,8,10,12,14-15H2,1-4H3/p+1/t17-,19+/m0/s1. The summed E-state index contributed by atoms with van der Waals surface area (Å²) in [6.07, 6.45) is 8.72. The molecule has 3 heteroatoms. The van der Waals surface area contributed by atoms with E-state index in [9.17, 15) is 0 Å². The van der Waals surface area contributed by atoms with Crippen LogP contribution in [0.1, 0.15) is 65.0 Å². The van der Waals surface area contributed by atoms with Gasteiger partial charge in [-0.1, -0.05) is 12.0 Å². The number of quaternary nitrogens is 1. The number of nitrogens with zero attached hydrogens (tertiary/aromatic N) is 1. The summed E-state index contributed by atoms with van der Waals surface area (Å²) in [5.41, 5.74) is 1.26. The normalized spacial score (nSPS) is 23.0. The molecule has 1 saturated heterocycles. The molecular formula is C20H31N2O+. The first kappa shape index (κ1) is 18.0. The van der Waals surface area contributed by atoms with Gasteiger partial charge in [0.15, 0.2) is 0 Å². The van der Waals surface area contributed by atoms with Gasteiger partial charge in [-0.3, -0.25) is 4.98 Å². The number of piperidine rings is 1. The number of rotatable bonds is 4. The molecule has 126 valence electrons. The molecule has 0 aliphatic carbocycles. The number of nitrogens with one attached hydrogen (secondary N) is 1. The Balaban J connectivity index is 1.87. The SMILES string of the molecule is C[C@@H](CC#CC[NH+]1CCCC[C@@H]1c1cccnc1)OC(C)(C)C. The topological polar surface area (TPSA) is 26.6 Å². The molecule has 1 fully saturated rings. The van der Waals surface area contributed by atoms with Crippen LogP contribution in [0.25, 0.3) is 0 Å². The Bertz CT molecular complexity index is 524. The van der Waals surface area contributed by atoms with Crippen LogP contribution >= 0.6 is 0 Å². The van der Waals surface area contributed by atoms with Crippen LogP contribution in [0.4, 0.5) is 0 Å². The van der Waals surface area contributed by atoms with Gasteiger partial charge in [0.25, 0.3) is 0 Å². The average Bonchev–Trinajstić information content (AvgIpc) is 2.51. The maximum absolute atomic E-state index is 5.90. The van der Waals surface area contributed by atoms with Gasteiger partial charge >= 0.3 is 0 Å². The summed E-state index contributed by atoms with van der Waals surface area (Å²) in [4.78, 5) is 5.87. The predicted octanol–water partition coefficient (Wildman–Crippen LogP) is 2.79. The number of hydrogen-bond acceptors (Lipinski definition) is 2. The maximum Gasteiger partial charge on any atom is 0.139 e. The third-order valence-corrected chi connectivity index (χ3v) is 4.20. The van der Waals surface area contributed by atoms with E-state index in [1.54, 1.807) is 4.90 Å². The number of aromatic nitrogens is 1. The van der Waals surface area contributed by atoms with E-state index in [0.717, 1.165) is 13.0 Å². The predicted molar refractivity (Wildman–Crippen MR) is 94.2 cm³/mol. The Kier molecular flexibility index (Phi) is 6.62. The molecule has 2 rings (SSSR count). The first-order valence-electron chi connectivity index (χ1n) is 8.84. The van der Waals surface area contributed by atoms with Gasteiger partial charge in [-0.05, 0) is 52.5 Å². The lowest BCUT2D eigenvalue weighted by Gasteiger charge is -2.31. The molecule has 0 bridgehead atoms. The summed E-state index contributed by atoms with van der Waals surface area (Å²) in [6.45, 7) is 10.5. The van der Waals surface area contributed by atoms with Crippen LogP contribution in [0.15, 0.2) is 24.5 Å². The van der Waals surface area contributed by atoms with Gasteiger partial charge in [0.1, 0.15) is 12.6 Å². The molecule has 0 aromatic carbocycles. The minimum absolute atomic E-state index is 0.0926. The van der Waals surface area contributed by atoms with E-state index in [4.69, 9.17) is 4.74 Å². The van der Waals surface area contributed by atoms with Crippen molar-refractivity contribution in [3.63, 3.8) is 0 Å². The third-order valence-electron chi connectivity index (χ3n) is 4.20. The molecule has 2 heterocycles. The quantitative estimate of drug-likeness (QED) is 0.865. The van der Waals surface area contributed by atoms with Crippen molar-refractivity contribution in [2.45, 2.75) is 71.1 Å². The van der Waals surface area contributed by atoms with Crippen molar-refractivity contribution < 1.29 is 9.64 Å². The van der Waals surface area contributed by atoms with Crippen molar-refractivity contribution in [2.24, 2.45) is 0 Å². The van der Waals surface area contributed by atoms with Gasteiger partial charge in [0.2, 0.25) is 0 Å². The smallest absolute Gasteiger partial charge is 0.139 e. The van der Waals surface area contributed by atoms with Crippen LogP contribution < -0.4 is 4.90 Å². The number of ether oxygens (including phenoxy) is 1. The lowest BCUT2D eigenvalue weighted by atomic mass is 9.96. The number of likely N-dealkylation sites (tertiary alicyclic amines) is 1. The van der Waals surface area contributed by atoms with Crippen molar-refractivity contribution in [1.29, 1.82) is 0 Å². The van der Waals surface area contributed by atoms with E-state index in [1.165, 1.54) is 31.4 Å². The van der Waals surface area contributed by atoms with Gasteiger partial charge in [-0.15, -0.1) is 0 Å². The van der Waals surface area contributed by atoms with Gasteiger partial charge in [-0.25, -0.2) is 0 Å². The van der Waals surface area contributed by atoms with Crippen LogP contribution in [0.3, 0.4) is 0 Å². The Morgan fingerprint density at radius 2 is 2.17 bits per heavy atom. The Morgan fingerprint density at radius 3 is 2.87 bits per heavy atom. The van der Waals surface area contributed by atoms with Crippen molar-refractivity contribution in [3.8, 4) is 11.8 Å². The van der Waals surface area contributed by atoms with E-state index in [0.29, 0.717) is 6.04 Å². The molecule has 1 aromatic rings. The van der Waals surface area contributed by atoms with Crippen molar-refractivity contribution in [1.82, 2.24) is 4.98 Å². The maximum atomic E-state index is 5.90. The Hall–Kier alpha value is -1.37. The molecule has 0 radical (unpaired) electrons. The summed E-state index contributed by atoms with van der Waals surface area (Å²) in [5, 5.41) is 0. The fourth-order valence-electron chi connectivity index (χ4n) is 3.31. The number of hydrogen-bond donors (Lipinski definition) is 1. The Labute approximate surface area is 141 Å². The molecule has 1 aromatic heterocycles. The molecule has 0 saturated carbocycles. The molecule has 1 aliphatic rings. The minimum atomic E-state index is -0.0926. The van der Waals surface area contributed by atoms with E-state index in [-0.39, 0.29) is 11.7 Å². The first-order valence-corrected chi connectivity index (χ1v) is 8.84. The third kappa shape index (κ3) is 6.33. The summed E-state index contributed by atoms with van der Waals surface area (Å²) >= 11 is 0. The van der Waals surface area contributed by atoms with Gasteiger partial charge in [0, 0.05) is 30.8 Å². The molecular weight excluding hydrogens is 284 g/mol. The molecule has 0 amide bonds. The van der Waals surface area contributed by atoms with Crippen LogP contribution in [-0.4, -0.2) is 29.8 Å². The molecule has 3 nitrogen and oxygen atoms in total. The zero-order valence-corrected chi connectivity index (χ0v) is 15.1. The van der Waals surface area contributed by atoms with E-state index < -0.39 is 0 Å². The monoisotopic (exact) mass is 315 g/mol. The molecule has 1 aliphatic heterocycles. The zero-order chi connectivity index (χ0) is 16.7. The summed E-state index contributed by atoms with van der Waals surface area (Å²) in [7, 11) is 0. The van der Waals surface area contributed by atoms with E-state index in [1.807, 2.05) is 18.5 Å². The van der Waals surface area contributed by atoms with Crippen molar-refractivity contribution in [2.75, 3.05) is 13.1 Å². The van der Waals surface area contributed by atoms with Gasteiger partial charge < -0.3 is 9.64 Å². The zero-order valence-electron chi connectivity index (χ0n) is 15.1. The summed E-state index contributed by atoms with van der Waals surface area (Å²) in [6, 6.07) is 4.80. The summed E-state index contributed by atoms with van der Waals surface area (Å²) in [5.74, 6) is 6.70. The fourth-order valence-corrected chi connectivity index (χ4v) is 3.31. The highest BCUT2D eigenvalue weighted by molar-refractivity contribution is 5.12. The average molecular weight is 315 g/mol. The minimum Gasteiger partial charge on any atom is -0.372 e. The fraction of sp³-hybridized carbons (Fsp3) is 0.650. The lowest BCUT2D eigenvalue weighted by molar-refractivity contribution is -0.930. The van der Waals surface area contributed by atoms with Crippen LogP contribution in [0.2, 0.25) is 0 Å². The Morgan fingerprint density at radius 1 is 1.35 bits per heavy atom. The van der Waals surface area contributed by atoms with Gasteiger partial charge in [-0.2, -0.15) is 0 Å². The van der Waals surface area contributed by atoms with Crippen molar-refractivity contribution >= 4 is 0 Å². The molecule has 1 unspecified atom stereocenters. The van der Waals surface area contributed by atoms with E-state index >= 15 is 0 Å².